The Bertz CT molecular complexity index is 842. The first-order valence-electron chi connectivity index (χ1n) is 7.34. The van der Waals surface area contributed by atoms with Gasteiger partial charge in [-0.3, -0.25) is 4.79 Å². The molecule has 1 amide bonds. The minimum atomic E-state index is -4.45. The molecule has 6 heteroatoms. The van der Waals surface area contributed by atoms with E-state index in [0.29, 0.717) is 11.1 Å². The zero-order valence-electron chi connectivity index (χ0n) is 14.1. The second-order valence-electron chi connectivity index (χ2n) is 6.18. The van der Waals surface area contributed by atoms with Gasteiger partial charge in [-0.2, -0.15) is 23.2 Å². The van der Waals surface area contributed by atoms with Gasteiger partial charge in [0.25, 0.3) is 5.91 Å². The molecule has 25 heavy (non-hydrogen) atoms. The minimum absolute atomic E-state index is 0.0930. The minimum Gasteiger partial charge on any atom is -0.322 e. The fourth-order valence-electron chi connectivity index (χ4n) is 1.93. The highest BCUT2D eigenvalue weighted by molar-refractivity contribution is 8.35. The number of anilines is 1. The van der Waals surface area contributed by atoms with Crippen LogP contribution in [-0.4, -0.2) is 24.7 Å². The lowest BCUT2D eigenvalue weighted by Gasteiger charge is -2.14. The van der Waals surface area contributed by atoms with Gasteiger partial charge in [-0.25, -0.2) is 0 Å². The van der Waals surface area contributed by atoms with Crippen LogP contribution in [0, 0.1) is 11.2 Å². The topological polar surface area (TPSA) is 29.1 Å². The monoisotopic (exact) mass is 365 g/mol. The predicted molar refractivity (Wildman–Crippen MR) is 98.1 cm³/mol. The van der Waals surface area contributed by atoms with E-state index in [0.717, 1.165) is 12.1 Å². The Hall–Kier alpha value is -2.39. The molecule has 2 rings (SSSR count). The van der Waals surface area contributed by atoms with Gasteiger partial charge in [0.2, 0.25) is 0 Å². The van der Waals surface area contributed by atoms with E-state index in [2.05, 4.69) is 35.3 Å². The van der Waals surface area contributed by atoms with Gasteiger partial charge >= 0.3 is 6.18 Å². The average molecular weight is 365 g/mol. The van der Waals surface area contributed by atoms with Crippen molar-refractivity contribution in [2.75, 3.05) is 24.1 Å². The van der Waals surface area contributed by atoms with Crippen molar-refractivity contribution in [3.05, 3.63) is 65.2 Å². The number of alkyl halides is 3. The zero-order valence-corrected chi connectivity index (χ0v) is 14.9. The van der Waals surface area contributed by atoms with Gasteiger partial charge in [0.15, 0.2) is 0 Å². The third-order valence-electron chi connectivity index (χ3n) is 3.07. The Balaban J connectivity index is 2.20. The molecule has 0 saturated carbocycles. The average Bonchev–Trinajstić information content (AvgIpc) is 2.52. The molecule has 0 aliphatic carbocycles. The maximum atomic E-state index is 12.7. The Kier molecular flexibility index (Phi) is 5.48. The molecule has 0 radical (unpaired) electrons. The lowest BCUT2D eigenvalue weighted by atomic mass is 10.1. The fourth-order valence-corrected chi connectivity index (χ4v) is 2.35. The summed E-state index contributed by atoms with van der Waals surface area (Å²) in [5.41, 5.74) is 0.320. The van der Waals surface area contributed by atoms with E-state index in [1.165, 1.54) is 12.1 Å². The number of carbonyl (C=O) groups excluding carboxylic acids is 1. The number of hydrogen-bond donors (Lipinski definition) is 1. The quantitative estimate of drug-likeness (QED) is 0.749. The van der Waals surface area contributed by atoms with Crippen LogP contribution in [0.15, 0.2) is 48.5 Å². The van der Waals surface area contributed by atoms with Crippen molar-refractivity contribution < 1.29 is 18.0 Å². The number of nitrogens with one attached hydrogen (secondary N) is 1. The van der Waals surface area contributed by atoms with Crippen LogP contribution in [0.5, 0.6) is 0 Å². The fraction of sp³-hybridized carbons (Fsp3) is 0.211. The second kappa shape index (κ2) is 7.24. The van der Waals surface area contributed by atoms with E-state index in [9.17, 15) is 18.0 Å². The van der Waals surface area contributed by atoms with Gasteiger partial charge < -0.3 is 5.32 Å². The molecule has 0 bridgehead atoms. The lowest BCUT2D eigenvalue weighted by molar-refractivity contribution is -0.137. The van der Waals surface area contributed by atoms with Crippen LogP contribution in [0.25, 0.3) is 0 Å². The van der Waals surface area contributed by atoms with Crippen LogP contribution in [-0.2, 0) is 6.18 Å². The Labute approximate surface area is 146 Å². The van der Waals surface area contributed by atoms with E-state index in [4.69, 9.17) is 0 Å². The van der Waals surface area contributed by atoms with Crippen molar-refractivity contribution in [1.29, 1.82) is 0 Å². The van der Waals surface area contributed by atoms with Gasteiger partial charge in [-0.1, -0.05) is 18.1 Å². The Morgan fingerprint density at radius 3 is 2.36 bits per heavy atom. The number of amides is 1. The standard InChI is InChI=1S/C19H18F3NOS/c1-25(2,3)11-10-14-6-4-7-15(12-14)18(24)23-17-9-5-8-16(13-17)19(20,21)22/h4-9,12-13H,1-3H3,(H,23,24). The van der Waals surface area contributed by atoms with Crippen LogP contribution < -0.4 is 5.32 Å². The SMILES string of the molecule is CS(C)(C)C#Cc1cccc(C(=O)Nc2cccc(C(F)(F)F)c2)c1. The highest BCUT2D eigenvalue weighted by atomic mass is 32.3. The van der Waals surface area contributed by atoms with E-state index < -0.39 is 27.7 Å². The van der Waals surface area contributed by atoms with Crippen molar-refractivity contribution in [3.63, 3.8) is 0 Å². The molecule has 2 aromatic rings. The summed E-state index contributed by atoms with van der Waals surface area (Å²) in [6, 6.07) is 11.2. The summed E-state index contributed by atoms with van der Waals surface area (Å²) in [6.45, 7) is 0. The third kappa shape index (κ3) is 5.87. The molecule has 0 spiro atoms. The molecule has 0 aliphatic heterocycles. The smallest absolute Gasteiger partial charge is 0.322 e. The molecular weight excluding hydrogens is 347 g/mol. The van der Waals surface area contributed by atoms with Gasteiger partial charge in [0, 0.05) is 16.8 Å². The number of carbonyl (C=O) groups is 1. The zero-order chi connectivity index (χ0) is 18.7. The number of benzene rings is 2. The molecule has 2 nitrogen and oxygen atoms in total. The molecular formula is C19H18F3NOS. The number of halogens is 3. The molecule has 0 atom stereocenters. The van der Waals surface area contributed by atoms with E-state index in [1.807, 2.05) is 0 Å². The summed E-state index contributed by atoms with van der Waals surface area (Å²) < 4.78 is 38.2. The van der Waals surface area contributed by atoms with Crippen LogP contribution >= 0.6 is 10.0 Å². The molecule has 1 N–H and O–H groups in total. The normalized spacial score (nSPS) is 12.1. The first kappa shape index (κ1) is 18.9. The van der Waals surface area contributed by atoms with E-state index in [-0.39, 0.29) is 5.69 Å². The summed E-state index contributed by atoms with van der Waals surface area (Å²) in [5, 5.41) is 5.64. The van der Waals surface area contributed by atoms with Crippen molar-refractivity contribution in [3.8, 4) is 11.2 Å². The number of rotatable bonds is 2. The van der Waals surface area contributed by atoms with E-state index >= 15 is 0 Å². The van der Waals surface area contributed by atoms with Crippen molar-refractivity contribution in [1.82, 2.24) is 0 Å². The molecule has 132 valence electrons. The van der Waals surface area contributed by atoms with E-state index in [1.54, 1.807) is 24.3 Å². The summed E-state index contributed by atoms with van der Waals surface area (Å²) in [6.07, 6.45) is 1.73. The summed E-state index contributed by atoms with van der Waals surface area (Å²) in [5.74, 6) is 2.55. The van der Waals surface area contributed by atoms with Gasteiger partial charge in [0.05, 0.1) is 5.56 Å². The third-order valence-corrected chi connectivity index (χ3v) is 3.79. The summed E-state index contributed by atoms with van der Waals surface area (Å²) in [4.78, 5) is 12.3. The maximum Gasteiger partial charge on any atom is 0.416 e. The van der Waals surface area contributed by atoms with Gasteiger partial charge in [-0.05, 0) is 60.4 Å². The van der Waals surface area contributed by atoms with Crippen LogP contribution in [0.3, 0.4) is 0 Å². The lowest BCUT2D eigenvalue weighted by Crippen LogP contribution is -2.13. The second-order valence-corrected chi connectivity index (χ2v) is 10.1. The van der Waals surface area contributed by atoms with Gasteiger partial charge in [0.1, 0.15) is 0 Å². The molecule has 0 heterocycles. The first-order valence-corrected chi connectivity index (χ1v) is 10.2. The van der Waals surface area contributed by atoms with Gasteiger partial charge in [-0.15, -0.1) is 0 Å². The molecule has 0 fully saturated rings. The Morgan fingerprint density at radius 1 is 1.04 bits per heavy atom. The Morgan fingerprint density at radius 2 is 1.72 bits per heavy atom. The van der Waals surface area contributed by atoms with Crippen molar-refractivity contribution >= 4 is 21.6 Å². The predicted octanol–water partition coefficient (Wildman–Crippen LogP) is 4.96. The molecule has 0 unspecified atom stereocenters. The highest BCUT2D eigenvalue weighted by Crippen LogP contribution is 2.32. The maximum absolute atomic E-state index is 12.7. The largest absolute Gasteiger partial charge is 0.416 e. The number of hydrogen-bond acceptors (Lipinski definition) is 1. The summed E-state index contributed by atoms with van der Waals surface area (Å²) >= 11 is 0. The van der Waals surface area contributed by atoms with Crippen LogP contribution in [0.2, 0.25) is 0 Å². The van der Waals surface area contributed by atoms with Crippen LogP contribution in [0.1, 0.15) is 21.5 Å². The summed E-state index contributed by atoms with van der Waals surface area (Å²) in [7, 11) is -0.991. The van der Waals surface area contributed by atoms with Crippen molar-refractivity contribution in [2.45, 2.75) is 6.18 Å². The molecule has 0 aromatic heterocycles. The van der Waals surface area contributed by atoms with Crippen molar-refractivity contribution in [2.24, 2.45) is 0 Å². The molecule has 0 aliphatic rings. The van der Waals surface area contributed by atoms with Crippen LogP contribution in [0.4, 0.5) is 18.9 Å². The highest BCUT2D eigenvalue weighted by Gasteiger charge is 2.30. The molecule has 0 saturated heterocycles. The first-order chi connectivity index (χ1) is 11.5. The molecule has 2 aromatic carbocycles.